The van der Waals surface area contributed by atoms with Gasteiger partial charge in [0.25, 0.3) is 5.91 Å². The van der Waals surface area contributed by atoms with E-state index in [4.69, 9.17) is 9.47 Å². The fourth-order valence-corrected chi connectivity index (χ4v) is 2.79. The number of rotatable bonds is 7. The molecule has 3 aromatic rings. The van der Waals surface area contributed by atoms with E-state index in [9.17, 15) is 4.79 Å². The number of aromatic nitrogens is 2. The lowest BCUT2D eigenvalue weighted by molar-refractivity contribution is 0.0937. The molecule has 28 heavy (non-hydrogen) atoms. The molecule has 0 radical (unpaired) electrons. The van der Waals surface area contributed by atoms with Crippen LogP contribution in [0, 0.1) is 6.92 Å². The normalized spacial score (nSPS) is 10.2. The zero-order valence-electron chi connectivity index (χ0n) is 16.0. The number of aromatic amines is 1. The van der Waals surface area contributed by atoms with Gasteiger partial charge in [-0.05, 0) is 25.1 Å². The zero-order chi connectivity index (χ0) is 20.1. The maximum absolute atomic E-state index is 12.5. The summed E-state index contributed by atoms with van der Waals surface area (Å²) in [5.41, 5.74) is 9.55. The minimum absolute atomic E-state index is 0.339. The van der Waals surface area contributed by atoms with Gasteiger partial charge in [-0.15, -0.1) is 0 Å². The van der Waals surface area contributed by atoms with Crippen LogP contribution in [0.25, 0.3) is 17.0 Å². The first-order valence-corrected chi connectivity index (χ1v) is 8.63. The van der Waals surface area contributed by atoms with Crippen molar-refractivity contribution in [2.75, 3.05) is 14.2 Å². The maximum atomic E-state index is 12.5. The van der Waals surface area contributed by atoms with Crippen LogP contribution in [0.4, 0.5) is 0 Å². The molecular weight excluding hydrogens is 356 g/mol. The summed E-state index contributed by atoms with van der Waals surface area (Å²) < 4.78 is 10.5. The van der Waals surface area contributed by atoms with Gasteiger partial charge in [-0.1, -0.05) is 36.9 Å². The fourth-order valence-electron chi connectivity index (χ4n) is 2.79. The van der Waals surface area contributed by atoms with Crippen LogP contribution in [0.2, 0.25) is 0 Å². The van der Waals surface area contributed by atoms with Gasteiger partial charge in [0.05, 0.1) is 25.6 Å². The number of nitrogens with one attached hydrogen (secondary N) is 3. The first-order chi connectivity index (χ1) is 13.5. The molecule has 7 nitrogen and oxygen atoms in total. The number of nitrogens with zero attached hydrogens (tertiary/aromatic N) is 1. The van der Waals surface area contributed by atoms with Crippen molar-refractivity contribution in [2.45, 2.75) is 6.92 Å². The minimum atomic E-state index is -0.339. The number of benzene rings is 2. The number of methoxy groups -OCH3 is 2. The first-order valence-electron chi connectivity index (χ1n) is 8.63. The largest absolute Gasteiger partial charge is 0.493 e. The van der Waals surface area contributed by atoms with Crippen LogP contribution in [0.3, 0.4) is 0 Å². The van der Waals surface area contributed by atoms with E-state index < -0.39 is 0 Å². The number of hydrogen-bond acceptors (Lipinski definition) is 5. The molecule has 0 unspecified atom stereocenters. The Morgan fingerprint density at radius 1 is 1.04 bits per heavy atom. The number of amides is 1. The lowest BCUT2D eigenvalue weighted by Crippen LogP contribution is -2.36. The van der Waals surface area contributed by atoms with E-state index >= 15 is 0 Å². The summed E-state index contributed by atoms with van der Waals surface area (Å²) in [6.07, 6.45) is 0. The van der Waals surface area contributed by atoms with Gasteiger partial charge in [-0.2, -0.15) is 5.10 Å². The number of carbonyl (C=O) groups excluding carboxylic acids is 1. The van der Waals surface area contributed by atoms with Gasteiger partial charge in [0, 0.05) is 16.7 Å². The second kappa shape index (κ2) is 8.30. The van der Waals surface area contributed by atoms with Crippen molar-refractivity contribution in [3.05, 3.63) is 71.9 Å². The SMILES string of the molecule is C=C(NNC(=O)c1[nH]nc(-c2ccccc2)c1C)c1ccc(OC)c(OC)c1. The summed E-state index contributed by atoms with van der Waals surface area (Å²) in [4.78, 5) is 12.5. The lowest BCUT2D eigenvalue weighted by Gasteiger charge is -2.13. The van der Waals surface area contributed by atoms with Crippen molar-refractivity contribution in [1.82, 2.24) is 21.0 Å². The van der Waals surface area contributed by atoms with E-state index in [-0.39, 0.29) is 5.91 Å². The highest BCUT2D eigenvalue weighted by molar-refractivity contribution is 5.95. The second-order valence-electron chi connectivity index (χ2n) is 6.07. The Labute approximate surface area is 163 Å². The van der Waals surface area contributed by atoms with Gasteiger partial charge in [0.2, 0.25) is 0 Å². The van der Waals surface area contributed by atoms with Gasteiger partial charge in [-0.3, -0.25) is 20.7 Å². The van der Waals surface area contributed by atoms with Crippen molar-refractivity contribution in [2.24, 2.45) is 0 Å². The molecule has 1 heterocycles. The summed E-state index contributed by atoms with van der Waals surface area (Å²) >= 11 is 0. The summed E-state index contributed by atoms with van der Waals surface area (Å²) in [6.45, 7) is 5.80. The summed E-state index contributed by atoms with van der Waals surface area (Å²) in [6, 6.07) is 15.0. The van der Waals surface area contributed by atoms with Gasteiger partial charge in [0.1, 0.15) is 5.69 Å². The molecule has 0 spiro atoms. The van der Waals surface area contributed by atoms with Gasteiger partial charge >= 0.3 is 0 Å². The Balaban J connectivity index is 1.69. The molecule has 0 aliphatic rings. The van der Waals surface area contributed by atoms with E-state index in [1.54, 1.807) is 26.4 Å². The number of ether oxygens (including phenoxy) is 2. The van der Waals surface area contributed by atoms with Crippen LogP contribution in [0.5, 0.6) is 11.5 Å². The van der Waals surface area contributed by atoms with E-state index in [0.29, 0.717) is 22.9 Å². The third kappa shape index (κ3) is 3.83. The van der Waals surface area contributed by atoms with E-state index in [0.717, 1.165) is 22.4 Å². The monoisotopic (exact) mass is 378 g/mol. The molecule has 3 rings (SSSR count). The van der Waals surface area contributed by atoms with Crippen molar-refractivity contribution < 1.29 is 14.3 Å². The molecule has 7 heteroatoms. The molecular formula is C21H22N4O3. The quantitative estimate of drug-likeness (QED) is 0.549. The lowest BCUT2D eigenvalue weighted by atomic mass is 10.1. The zero-order valence-corrected chi connectivity index (χ0v) is 16.0. The Bertz CT molecular complexity index is 996. The van der Waals surface area contributed by atoms with Crippen LogP contribution in [0.15, 0.2) is 55.1 Å². The van der Waals surface area contributed by atoms with Crippen LogP contribution >= 0.6 is 0 Å². The van der Waals surface area contributed by atoms with E-state index in [2.05, 4.69) is 27.6 Å². The van der Waals surface area contributed by atoms with Gasteiger partial charge in [-0.25, -0.2) is 0 Å². The summed E-state index contributed by atoms with van der Waals surface area (Å²) in [5.74, 6) is 0.851. The molecule has 2 aromatic carbocycles. The average Bonchev–Trinajstić information content (AvgIpc) is 3.13. The average molecular weight is 378 g/mol. The summed E-state index contributed by atoms with van der Waals surface area (Å²) in [5, 5.41) is 7.07. The fraction of sp³-hybridized carbons (Fsp3) is 0.143. The Kier molecular flexibility index (Phi) is 5.64. The standard InChI is InChI=1S/C21H22N4O3/c1-13-19(15-8-6-5-7-9-15)23-24-20(13)21(26)25-22-14(2)16-10-11-17(27-3)18(12-16)28-4/h5-12,22H,2H2,1,3-4H3,(H,23,24)(H,25,26). The van der Waals surface area contributed by atoms with Crippen LogP contribution in [-0.2, 0) is 0 Å². The topological polar surface area (TPSA) is 88.3 Å². The molecule has 0 bridgehead atoms. The highest BCUT2D eigenvalue weighted by atomic mass is 16.5. The van der Waals surface area contributed by atoms with Crippen molar-refractivity contribution >= 4 is 11.6 Å². The van der Waals surface area contributed by atoms with Crippen LogP contribution in [0.1, 0.15) is 21.6 Å². The molecule has 0 saturated carbocycles. The number of carbonyl (C=O) groups is 1. The maximum Gasteiger partial charge on any atom is 0.287 e. The first kappa shape index (κ1) is 19.0. The molecule has 0 atom stereocenters. The number of H-pyrrole nitrogens is 1. The molecule has 144 valence electrons. The molecule has 1 aromatic heterocycles. The van der Waals surface area contributed by atoms with E-state index in [1.165, 1.54) is 0 Å². The molecule has 1 amide bonds. The van der Waals surface area contributed by atoms with Crippen molar-refractivity contribution in [3.8, 4) is 22.8 Å². The molecule has 0 aliphatic heterocycles. The Morgan fingerprint density at radius 3 is 2.43 bits per heavy atom. The molecule has 0 saturated heterocycles. The highest BCUT2D eigenvalue weighted by Gasteiger charge is 2.17. The van der Waals surface area contributed by atoms with E-state index in [1.807, 2.05) is 43.3 Å². The number of hydrogen-bond donors (Lipinski definition) is 3. The third-order valence-corrected chi connectivity index (χ3v) is 4.34. The third-order valence-electron chi connectivity index (χ3n) is 4.34. The van der Waals surface area contributed by atoms with Crippen molar-refractivity contribution in [3.63, 3.8) is 0 Å². The number of hydrazine groups is 1. The van der Waals surface area contributed by atoms with Crippen molar-refractivity contribution in [1.29, 1.82) is 0 Å². The van der Waals surface area contributed by atoms with Gasteiger partial charge in [0.15, 0.2) is 11.5 Å². The van der Waals surface area contributed by atoms with Crippen LogP contribution < -0.4 is 20.3 Å². The van der Waals surface area contributed by atoms with Crippen LogP contribution in [-0.4, -0.2) is 30.3 Å². The highest BCUT2D eigenvalue weighted by Crippen LogP contribution is 2.29. The Hall–Kier alpha value is -3.74. The molecule has 0 aliphatic carbocycles. The predicted octanol–water partition coefficient (Wildman–Crippen LogP) is 3.31. The Morgan fingerprint density at radius 2 is 1.75 bits per heavy atom. The smallest absolute Gasteiger partial charge is 0.287 e. The molecule has 3 N–H and O–H groups in total. The summed E-state index contributed by atoms with van der Waals surface area (Å²) in [7, 11) is 3.13. The minimum Gasteiger partial charge on any atom is -0.493 e. The predicted molar refractivity (Wildman–Crippen MR) is 108 cm³/mol. The molecule has 0 fully saturated rings. The van der Waals surface area contributed by atoms with Gasteiger partial charge < -0.3 is 9.47 Å². The second-order valence-corrected chi connectivity index (χ2v) is 6.07.